The SMILES string of the molecule is COc1ccc(S(=O)(=O)NC(C)([C@H](O)[C@H](Cc2ccccc2)NC(=O)OC(C)(C)C)C2(CCC#N)CCCCC2)cc1. The molecular weight excluding hydrogens is 554 g/mol. The summed E-state index contributed by atoms with van der Waals surface area (Å²) in [6, 6.07) is 16.8. The molecule has 1 aliphatic carbocycles. The Kier molecular flexibility index (Phi) is 11.0. The largest absolute Gasteiger partial charge is 0.497 e. The van der Waals surface area contributed by atoms with Gasteiger partial charge in [0.05, 0.1) is 35.8 Å². The lowest BCUT2D eigenvalue weighted by atomic mass is 9.57. The molecule has 0 spiro atoms. The summed E-state index contributed by atoms with van der Waals surface area (Å²) in [4.78, 5) is 13.1. The zero-order valence-corrected chi connectivity index (χ0v) is 26.2. The maximum absolute atomic E-state index is 14.0. The fourth-order valence-electron chi connectivity index (χ4n) is 6.10. The van der Waals surface area contributed by atoms with E-state index in [4.69, 9.17) is 9.47 Å². The number of nitrogens with zero attached hydrogens (tertiary/aromatic N) is 1. The van der Waals surface area contributed by atoms with Crippen molar-refractivity contribution >= 4 is 16.1 Å². The van der Waals surface area contributed by atoms with E-state index < -0.39 is 44.8 Å². The highest BCUT2D eigenvalue weighted by molar-refractivity contribution is 7.89. The van der Waals surface area contributed by atoms with Crippen molar-refractivity contribution in [3.8, 4) is 11.8 Å². The molecular formula is C32H45N3O6S. The third-order valence-electron chi connectivity index (χ3n) is 8.32. The first-order valence-electron chi connectivity index (χ1n) is 14.5. The molecule has 1 unspecified atom stereocenters. The van der Waals surface area contributed by atoms with Gasteiger partial charge in [0.25, 0.3) is 0 Å². The molecule has 0 aromatic heterocycles. The van der Waals surface area contributed by atoms with Crippen LogP contribution in [0.4, 0.5) is 4.79 Å². The molecule has 0 bridgehead atoms. The minimum atomic E-state index is -4.16. The average molecular weight is 600 g/mol. The van der Waals surface area contributed by atoms with Crippen LogP contribution in [-0.4, -0.2) is 50.0 Å². The number of ether oxygens (including phenoxy) is 2. The van der Waals surface area contributed by atoms with Crippen LogP contribution >= 0.6 is 0 Å². The number of hydrogen-bond acceptors (Lipinski definition) is 7. The molecule has 0 saturated heterocycles. The van der Waals surface area contributed by atoms with Gasteiger partial charge < -0.3 is 19.9 Å². The molecule has 1 aliphatic rings. The Bertz CT molecular complexity index is 1310. The quantitative estimate of drug-likeness (QED) is 0.294. The second-order valence-corrected chi connectivity index (χ2v) is 14.1. The molecule has 0 heterocycles. The zero-order chi connectivity index (χ0) is 31.0. The number of alkyl carbamates (subject to hydrolysis) is 1. The summed E-state index contributed by atoms with van der Waals surface area (Å²) < 4.78 is 41.6. The van der Waals surface area contributed by atoms with Crippen LogP contribution in [0.5, 0.6) is 5.75 Å². The lowest BCUT2D eigenvalue weighted by Crippen LogP contribution is -2.69. The maximum Gasteiger partial charge on any atom is 0.407 e. The number of benzene rings is 2. The van der Waals surface area contributed by atoms with Crippen molar-refractivity contribution < 1.29 is 27.8 Å². The molecule has 3 N–H and O–H groups in total. The predicted molar refractivity (Wildman–Crippen MR) is 161 cm³/mol. The Labute approximate surface area is 250 Å². The molecule has 0 aliphatic heterocycles. The number of carbonyl (C=O) groups excluding carboxylic acids is 1. The summed E-state index contributed by atoms with van der Waals surface area (Å²) in [5.74, 6) is 0.513. The minimum Gasteiger partial charge on any atom is -0.497 e. The fourth-order valence-corrected chi connectivity index (χ4v) is 7.61. The van der Waals surface area contributed by atoms with Gasteiger partial charge in [-0.25, -0.2) is 17.9 Å². The Balaban J connectivity index is 2.13. The van der Waals surface area contributed by atoms with Gasteiger partial charge in [-0.3, -0.25) is 0 Å². The molecule has 2 aromatic carbocycles. The van der Waals surface area contributed by atoms with Crippen LogP contribution < -0.4 is 14.8 Å². The van der Waals surface area contributed by atoms with Gasteiger partial charge in [0.2, 0.25) is 10.0 Å². The Hall–Kier alpha value is -3.13. The van der Waals surface area contributed by atoms with E-state index in [-0.39, 0.29) is 17.7 Å². The van der Waals surface area contributed by atoms with Crippen LogP contribution in [0.3, 0.4) is 0 Å². The van der Waals surface area contributed by atoms with Crippen LogP contribution in [0.2, 0.25) is 0 Å². The fraction of sp³-hybridized carbons (Fsp3) is 0.562. The van der Waals surface area contributed by atoms with Gasteiger partial charge >= 0.3 is 6.09 Å². The Morgan fingerprint density at radius 3 is 2.21 bits per heavy atom. The number of amides is 1. The van der Waals surface area contributed by atoms with E-state index in [0.29, 0.717) is 25.0 Å². The monoisotopic (exact) mass is 599 g/mol. The topological polar surface area (TPSA) is 138 Å². The molecule has 1 saturated carbocycles. The van der Waals surface area contributed by atoms with Gasteiger partial charge in [0.1, 0.15) is 11.4 Å². The Morgan fingerprint density at radius 1 is 1.05 bits per heavy atom. The highest BCUT2D eigenvalue weighted by Crippen LogP contribution is 2.51. The summed E-state index contributed by atoms with van der Waals surface area (Å²) in [5, 5.41) is 24.8. The van der Waals surface area contributed by atoms with Gasteiger partial charge in [-0.2, -0.15) is 5.26 Å². The van der Waals surface area contributed by atoms with Crippen LogP contribution in [0.15, 0.2) is 59.5 Å². The van der Waals surface area contributed by atoms with Crippen molar-refractivity contribution in [3.05, 3.63) is 60.2 Å². The third kappa shape index (κ3) is 8.24. The van der Waals surface area contributed by atoms with Crippen molar-refractivity contribution in [1.82, 2.24) is 10.0 Å². The molecule has 3 atom stereocenters. The van der Waals surface area contributed by atoms with E-state index in [2.05, 4.69) is 16.1 Å². The summed E-state index contributed by atoms with van der Waals surface area (Å²) in [7, 11) is -2.65. The molecule has 230 valence electrons. The number of nitrogens with one attached hydrogen (secondary N) is 2. The highest BCUT2D eigenvalue weighted by Gasteiger charge is 2.56. The van der Waals surface area contributed by atoms with E-state index in [0.717, 1.165) is 24.8 Å². The standard InChI is InChI=1S/C32H45N3O6S/c1-30(2,3)41-29(37)34-27(23-24-13-8-6-9-14-24)28(36)31(4,32(21-12-22-33)19-10-7-11-20-32)35-42(38,39)26-17-15-25(40-5)16-18-26/h6,8-9,13-18,27-28,35-36H,7,10-12,19-21,23H2,1-5H3,(H,34,37)/t27-,28+,31?/m0/s1. The van der Waals surface area contributed by atoms with Gasteiger partial charge in [-0.15, -0.1) is 0 Å². The number of carbonyl (C=O) groups is 1. The van der Waals surface area contributed by atoms with Crippen LogP contribution in [-0.2, 0) is 21.2 Å². The molecule has 1 amide bonds. The van der Waals surface area contributed by atoms with Gasteiger partial charge in [0.15, 0.2) is 0 Å². The summed E-state index contributed by atoms with van der Waals surface area (Å²) in [6.45, 7) is 6.97. The van der Waals surface area contributed by atoms with Crippen molar-refractivity contribution in [2.75, 3.05) is 7.11 Å². The van der Waals surface area contributed by atoms with Crippen molar-refractivity contribution in [1.29, 1.82) is 5.26 Å². The Morgan fingerprint density at radius 2 is 1.67 bits per heavy atom. The summed E-state index contributed by atoms with van der Waals surface area (Å²) >= 11 is 0. The van der Waals surface area contributed by atoms with Gasteiger partial charge in [0, 0.05) is 6.42 Å². The highest BCUT2D eigenvalue weighted by atomic mass is 32.2. The average Bonchev–Trinajstić information content (AvgIpc) is 2.95. The minimum absolute atomic E-state index is 0.0210. The lowest BCUT2D eigenvalue weighted by molar-refractivity contribution is -0.0544. The molecule has 3 rings (SSSR count). The van der Waals surface area contributed by atoms with Crippen LogP contribution in [0.1, 0.15) is 78.2 Å². The molecule has 42 heavy (non-hydrogen) atoms. The molecule has 10 heteroatoms. The van der Waals surface area contributed by atoms with Gasteiger partial charge in [-0.1, -0.05) is 49.6 Å². The first-order chi connectivity index (χ1) is 19.7. The predicted octanol–water partition coefficient (Wildman–Crippen LogP) is 5.48. The second kappa shape index (κ2) is 13.9. The first kappa shape index (κ1) is 33.4. The normalized spacial score (nSPS) is 18.1. The van der Waals surface area contributed by atoms with E-state index in [9.17, 15) is 23.6 Å². The summed E-state index contributed by atoms with van der Waals surface area (Å²) in [6.07, 6.45) is 2.64. The van der Waals surface area contributed by atoms with Gasteiger partial charge in [-0.05, 0) is 88.6 Å². The first-order valence-corrected chi connectivity index (χ1v) is 16.0. The smallest absolute Gasteiger partial charge is 0.407 e. The number of methoxy groups -OCH3 is 1. The number of aliphatic hydroxyl groups is 1. The van der Waals surface area contributed by atoms with Crippen molar-refractivity contribution in [2.24, 2.45) is 5.41 Å². The van der Waals surface area contributed by atoms with E-state index in [1.807, 2.05) is 30.3 Å². The molecule has 1 fully saturated rings. The van der Waals surface area contributed by atoms with Crippen LogP contribution in [0.25, 0.3) is 0 Å². The second-order valence-electron chi connectivity index (χ2n) is 12.4. The number of hydrogen-bond donors (Lipinski definition) is 3. The van der Waals surface area contributed by atoms with E-state index >= 15 is 0 Å². The molecule has 9 nitrogen and oxygen atoms in total. The maximum atomic E-state index is 14.0. The number of nitriles is 1. The van der Waals surface area contributed by atoms with E-state index in [1.54, 1.807) is 39.8 Å². The van der Waals surface area contributed by atoms with Crippen LogP contribution in [0, 0.1) is 16.7 Å². The summed E-state index contributed by atoms with van der Waals surface area (Å²) in [5.41, 5.74) is -2.13. The number of aliphatic hydroxyl groups excluding tert-OH is 1. The third-order valence-corrected chi connectivity index (χ3v) is 9.90. The van der Waals surface area contributed by atoms with E-state index in [1.165, 1.54) is 19.2 Å². The van der Waals surface area contributed by atoms with Crippen molar-refractivity contribution in [3.63, 3.8) is 0 Å². The lowest BCUT2D eigenvalue weighted by Gasteiger charge is -2.54. The molecule has 0 radical (unpaired) electrons. The number of sulfonamides is 1. The van der Waals surface area contributed by atoms with Crippen molar-refractivity contribution in [2.45, 2.75) is 107 Å². The number of rotatable bonds is 12. The molecule has 2 aromatic rings. The zero-order valence-electron chi connectivity index (χ0n) is 25.4.